The van der Waals surface area contributed by atoms with Crippen molar-refractivity contribution in [3.8, 4) is 5.75 Å². The fourth-order valence-electron chi connectivity index (χ4n) is 5.57. The SMILES string of the molecule is CN1C(=O)c2cc(NC(=O)NC3CCCC3)ccc2OC[C@H]2O[C@H](CC(=O)NC3CCC3)CC[C@@H]21. The fourth-order valence-corrected chi connectivity index (χ4v) is 5.57. The second kappa shape index (κ2) is 10.4. The fraction of sp³-hybridized carbons (Fsp3) is 0.654. The molecule has 9 heteroatoms. The molecule has 190 valence electrons. The molecule has 0 aromatic heterocycles. The molecule has 2 aliphatic carbocycles. The Kier molecular flexibility index (Phi) is 7.13. The number of benzene rings is 1. The molecule has 4 aliphatic rings. The van der Waals surface area contributed by atoms with Crippen LogP contribution in [-0.4, -0.2) is 66.7 Å². The van der Waals surface area contributed by atoms with Gasteiger partial charge in [-0.25, -0.2) is 4.79 Å². The van der Waals surface area contributed by atoms with Gasteiger partial charge in [0.15, 0.2) is 0 Å². The van der Waals surface area contributed by atoms with E-state index in [1.807, 2.05) is 0 Å². The molecule has 3 fully saturated rings. The molecule has 5 rings (SSSR count). The highest BCUT2D eigenvalue weighted by Gasteiger charge is 2.39. The van der Waals surface area contributed by atoms with Crippen molar-refractivity contribution in [2.75, 3.05) is 19.0 Å². The van der Waals surface area contributed by atoms with Crippen molar-refractivity contribution in [1.29, 1.82) is 0 Å². The number of amides is 4. The van der Waals surface area contributed by atoms with Gasteiger partial charge >= 0.3 is 6.03 Å². The number of urea groups is 1. The van der Waals surface area contributed by atoms with Crippen LogP contribution in [0.25, 0.3) is 0 Å². The van der Waals surface area contributed by atoms with Gasteiger partial charge in [-0.2, -0.15) is 0 Å². The molecule has 3 atom stereocenters. The minimum atomic E-state index is -0.303. The molecule has 0 spiro atoms. The summed E-state index contributed by atoms with van der Waals surface area (Å²) in [5.41, 5.74) is 0.978. The lowest BCUT2D eigenvalue weighted by atomic mass is 9.92. The Morgan fingerprint density at radius 3 is 2.49 bits per heavy atom. The first-order valence-electron chi connectivity index (χ1n) is 13.0. The summed E-state index contributed by atoms with van der Waals surface area (Å²) in [5.74, 6) is 0.339. The third kappa shape index (κ3) is 5.55. The first-order chi connectivity index (χ1) is 17.0. The van der Waals surface area contributed by atoms with Gasteiger partial charge in [-0.3, -0.25) is 9.59 Å². The van der Waals surface area contributed by atoms with Crippen molar-refractivity contribution in [1.82, 2.24) is 15.5 Å². The predicted octanol–water partition coefficient (Wildman–Crippen LogP) is 3.19. The van der Waals surface area contributed by atoms with Gasteiger partial charge in [-0.1, -0.05) is 12.8 Å². The summed E-state index contributed by atoms with van der Waals surface area (Å²) in [6.07, 6.45) is 8.91. The summed E-state index contributed by atoms with van der Waals surface area (Å²) in [5, 5.41) is 8.93. The van der Waals surface area contributed by atoms with Crippen LogP contribution in [0, 0.1) is 0 Å². The third-order valence-electron chi connectivity index (χ3n) is 7.84. The highest BCUT2D eigenvalue weighted by Crippen LogP contribution is 2.32. The first-order valence-corrected chi connectivity index (χ1v) is 13.0. The van der Waals surface area contributed by atoms with Crippen LogP contribution in [0.2, 0.25) is 0 Å². The van der Waals surface area contributed by atoms with Crippen LogP contribution in [0.1, 0.15) is 74.6 Å². The third-order valence-corrected chi connectivity index (χ3v) is 7.84. The summed E-state index contributed by atoms with van der Waals surface area (Å²) in [4.78, 5) is 39.8. The molecule has 0 unspecified atom stereocenters. The van der Waals surface area contributed by atoms with E-state index in [-0.39, 0.29) is 42.1 Å². The Morgan fingerprint density at radius 2 is 1.74 bits per heavy atom. The van der Waals surface area contributed by atoms with Crippen LogP contribution in [0.5, 0.6) is 5.75 Å². The van der Waals surface area contributed by atoms with Crippen LogP contribution in [0.3, 0.4) is 0 Å². The van der Waals surface area contributed by atoms with E-state index in [0.717, 1.165) is 44.9 Å². The van der Waals surface area contributed by atoms with E-state index < -0.39 is 0 Å². The molecule has 2 saturated carbocycles. The molecule has 1 aromatic rings. The molecule has 2 heterocycles. The maximum absolute atomic E-state index is 13.4. The molecule has 2 aliphatic heterocycles. The molecule has 0 bridgehead atoms. The van der Waals surface area contributed by atoms with Gasteiger partial charge in [-0.15, -0.1) is 0 Å². The molecule has 4 amide bonds. The minimum absolute atomic E-state index is 0.0386. The number of carbonyl (C=O) groups is 3. The Bertz CT molecular complexity index is 959. The summed E-state index contributed by atoms with van der Waals surface area (Å²) in [7, 11) is 1.79. The van der Waals surface area contributed by atoms with Crippen molar-refractivity contribution >= 4 is 23.5 Å². The molecule has 9 nitrogen and oxygen atoms in total. The second-order valence-corrected chi connectivity index (χ2v) is 10.4. The van der Waals surface area contributed by atoms with Crippen LogP contribution in [0.15, 0.2) is 18.2 Å². The van der Waals surface area contributed by atoms with Crippen molar-refractivity contribution in [3.05, 3.63) is 23.8 Å². The maximum Gasteiger partial charge on any atom is 0.319 e. The summed E-state index contributed by atoms with van der Waals surface area (Å²) in [6, 6.07) is 5.29. The maximum atomic E-state index is 13.4. The lowest BCUT2D eigenvalue weighted by Crippen LogP contribution is -2.54. The van der Waals surface area contributed by atoms with E-state index in [9.17, 15) is 14.4 Å². The lowest BCUT2D eigenvalue weighted by molar-refractivity contribution is -0.135. The Morgan fingerprint density at radius 1 is 1.00 bits per heavy atom. The number of nitrogens with zero attached hydrogens (tertiary/aromatic N) is 1. The van der Waals surface area contributed by atoms with Gasteiger partial charge in [0.2, 0.25) is 5.91 Å². The van der Waals surface area contributed by atoms with Gasteiger partial charge < -0.3 is 30.3 Å². The van der Waals surface area contributed by atoms with E-state index >= 15 is 0 Å². The summed E-state index contributed by atoms with van der Waals surface area (Å²) < 4.78 is 12.3. The van der Waals surface area contributed by atoms with E-state index in [2.05, 4.69) is 16.0 Å². The number of hydrogen-bond acceptors (Lipinski definition) is 5. The number of rotatable bonds is 5. The monoisotopic (exact) mass is 484 g/mol. The van der Waals surface area contributed by atoms with E-state index in [4.69, 9.17) is 9.47 Å². The molecule has 0 radical (unpaired) electrons. The smallest absolute Gasteiger partial charge is 0.319 e. The van der Waals surface area contributed by atoms with E-state index in [1.54, 1.807) is 30.1 Å². The van der Waals surface area contributed by atoms with Crippen molar-refractivity contribution < 1.29 is 23.9 Å². The van der Waals surface area contributed by atoms with Crippen LogP contribution in [-0.2, 0) is 9.53 Å². The predicted molar refractivity (Wildman–Crippen MR) is 131 cm³/mol. The zero-order valence-corrected chi connectivity index (χ0v) is 20.4. The average Bonchev–Trinajstić information content (AvgIpc) is 3.32. The highest BCUT2D eigenvalue weighted by atomic mass is 16.5. The molecule has 3 N–H and O–H groups in total. The van der Waals surface area contributed by atoms with Crippen LogP contribution < -0.4 is 20.7 Å². The Hall–Kier alpha value is -2.81. The van der Waals surface area contributed by atoms with Gasteiger partial charge in [0.05, 0.1) is 24.1 Å². The highest BCUT2D eigenvalue weighted by molar-refractivity contribution is 5.99. The Labute approximate surface area is 206 Å². The topological polar surface area (TPSA) is 109 Å². The molecule has 1 aromatic carbocycles. The van der Waals surface area contributed by atoms with Crippen molar-refractivity contribution in [2.24, 2.45) is 0 Å². The first kappa shape index (κ1) is 23.9. The van der Waals surface area contributed by atoms with E-state index in [1.165, 1.54) is 6.42 Å². The van der Waals surface area contributed by atoms with Gasteiger partial charge in [0.25, 0.3) is 5.91 Å². The number of hydrogen-bond donors (Lipinski definition) is 3. The standard InChI is InChI=1S/C26H36N4O5/c1-30-21-11-10-19(14-24(31)27-16-7-4-8-16)35-23(21)15-34-22-12-9-18(13-20(22)25(30)32)29-26(33)28-17-5-2-3-6-17/h9,12-13,16-17,19,21,23H,2-8,10-11,14-15H2,1H3,(H,27,31)(H2,28,29,33)/t19-,21-,23+/m0/s1. The molecule has 35 heavy (non-hydrogen) atoms. The van der Waals surface area contributed by atoms with Crippen LogP contribution in [0.4, 0.5) is 10.5 Å². The van der Waals surface area contributed by atoms with Crippen molar-refractivity contribution in [3.63, 3.8) is 0 Å². The van der Waals surface area contributed by atoms with Crippen LogP contribution >= 0.6 is 0 Å². The number of fused-ring (bicyclic) bond motifs is 2. The van der Waals surface area contributed by atoms with E-state index in [0.29, 0.717) is 42.5 Å². The summed E-state index contributed by atoms with van der Waals surface area (Å²) in [6.45, 7) is 0.297. The zero-order valence-electron chi connectivity index (χ0n) is 20.4. The average molecular weight is 485 g/mol. The lowest BCUT2D eigenvalue weighted by Gasteiger charge is -2.42. The largest absolute Gasteiger partial charge is 0.490 e. The molecular formula is C26H36N4O5. The number of carbonyl (C=O) groups excluding carboxylic acids is 3. The van der Waals surface area contributed by atoms with Gasteiger partial charge in [0.1, 0.15) is 18.5 Å². The normalized spacial score (nSPS) is 26.9. The number of anilines is 1. The minimum Gasteiger partial charge on any atom is -0.490 e. The molecular weight excluding hydrogens is 448 g/mol. The quantitative estimate of drug-likeness (QED) is 0.595. The number of ether oxygens (including phenoxy) is 2. The number of nitrogens with one attached hydrogen (secondary N) is 3. The van der Waals surface area contributed by atoms with Crippen molar-refractivity contribution in [2.45, 2.75) is 94.5 Å². The summed E-state index contributed by atoms with van der Waals surface area (Å²) >= 11 is 0. The Balaban J connectivity index is 1.22. The number of likely N-dealkylation sites (N-methyl/N-ethyl adjacent to an activating group) is 1. The molecule has 1 saturated heterocycles. The van der Waals surface area contributed by atoms with Gasteiger partial charge in [0, 0.05) is 24.8 Å². The second-order valence-electron chi connectivity index (χ2n) is 10.4. The van der Waals surface area contributed by atoms with Gasteiger partial charge in [-0.05, 0) is 63.1 Å². The zero-order chi connectivity index (χ0) is 24.4.